The maximum absolute atomic E-state index is 13.7. The van der Waals surface area contributed by atoms with Crippen molar-refractivity contribution in [3.63, 3.8) is 0 Å². The van der Waals surface area contributed by atoms with E-state index in [0.29, 0.717) is 11.3 Å². The maximum Gasteiger partial charge on any atom is 0.573 e. The molecule has 0 spiro atoms. The normalized spacial score (nSPS) is 13.3. The second-order valence-corrected chi connectivity index (χ2v) is 9.03. The summed E-state index contributed by atoms with van der Waals surface area (Å²) < 4.78 is 45.9. The highest BCUT2D eigenvalue weighted by molar-refractivity contribution is 5.99. The molecule has 0 unspecified atom stereocenters. The number of alkyl halides is 3. The van der Waals surface area contributed by atoms with Crippen LogP contribution in [0.3, 0.4) is 0 Å². The summed E-state index contributed by atoms with van der Waals surface area (Å²) in [4.78, 5) is 6.95. The Balaban J connectivity index is 1.82. The van der Waals surface area contributed by atoms with Crippen LogP contribution in [0.15, 0.2) is 128 Å². The molecular formula is C32H23F3N2O. The zero-order valence-electron chi connectivity index (χ0n) is 20.2. The summed E-state index contributed by atoms with van der Waals surface area (Å²) in [6.07, 6.45) is -3.08. The molecule has 0 aliphatic heterocycles. The number of aromatic nitrogens is 2. The average molecular weight is 509 g/mol. The van der Waals surface area contributed by atoms with Gasteiger partial charge in [0.25, 0.3) is 0 Å². The quantitative estimate of drug-likeness (QED) is 0.233. The minimum atomic E-state index is -4.86. The summed E-state index contributed by atoms with van der Waals surface area (Å²) >= 11 is 0. The molecule has 0 saturated heterocycles. The van der Waals surface area contributed by atoms with E-state index in [1.165, 1.54) is 6.07 Å². The molecule has 2 heterocycles. The topological polar surface area (TPSA) is 40.8 Å². The lowest BCUT2D eigenvalue weighted by atomic mass is 9.67. The van der Waals surface area contributed by atoms with Gasteiger partial charge < -0.3 is 14.7 Å². The monoisotopic (exact) mass is 508 g/mol. The van der Waals surface area contributed by atoms with Crippen LogP contribution in [-0.4, -0.2) is 16.3 Å². The molecule has 1 atom stereocenters. The lowest BCUT2D eigenvalue weighted by Crippen LogP contribution is -2.34. The van der Waals surface area contributed by atoms with E-state index in [-0.39, 0.29) is 5.75 Å². The maximum atomic E-state index is 13.7. The van der Waals surface area contributed by atoms with Crippen molar-refractivity contribution in [2.24, 2.45) is 0 Å². The van der Waals surface area contributed by atoms with Crippen LogP contribution in [0.2, 0.25) is 0 Å². The molecule has 0 radical (unpaired) electrons. The second kappa shape index (κ2) is 9.30. The van der Waals surface area contributed by atoms with Crippen molar-refractivity contribution < 1.29 is 17.9 Å². The van der Waals surface area contributed by atoms with E-state index in [1.54, 1.807) is 24.4 Å². The molecule has 4 aromatic carbocycles. The first-order valence-electron chi connectivity index (χ1n) is 12.2. The standard InChI is InChI=1S/C32H23F3N2O/c33-32(34,35)38-27-19-10-8-17-25(27)31(28-20-11-21-36-28,23-14-5-2-6-15-23)30-29(22-12-3-1-4-13-22)24-16-7-9-18-26(24)37-30/h1-21,36-37H/t31-/m0/s1. The second-order valence-electron chi connectivity index (χ2n) is 9.03. The summed E-state index contributed by atoms with van der Waals surface area (Å²) in [5.41, 5.74) is 4.09. The summed E-state index contributed by atoms with van der Waals surface area (Å²) in [5.74, 6) is -0.267. The third kappa shape index (κ3) is 3.95. The molecule has 6 heteroatoms. The highest BCUT2D eigenvalue weighted by atomic mass is 19.4. The van der Waals surface area contributed by atoms with E-state index in [9.17, 15) is 13.2 Å². The molecule has 0 aliphatic rings. The lowest BCUT2D eigenvalue weighted by molar-refractivity contribution is -0.275. The van der Waals surface area contributed by atoms with E-state index in [0.717, 1.165) is 33.3 Å². The molecule has 0 fully saturated rings. The number of para-hydroxylation sites is 2. The molecule has 188 valence electrons. The fourth-order valence-corrected chi connectivity index (χ4v) is 5.44. The van der Waals surface area contributed by atoms with E-state index >= 15 is 0 Å². The van der Waals surface area contributed by atoms with Gasteiger partial charge in [-0.05, 0) is 35.4 Å². The molecule has 6 rings (SSSR count). The molecular weight excluding hydrogens is 485 g/mol. The van der Waals surface area contributed by atoms with Crippen LogP contribution in [0.5, 0.6) is 5.75 Å². The molecule has 6 aromatic rings. The van der Waals surface area contributed by atoms with Crippen molar-refractivity contribution in [2.75, 3.05) is 0 Å². The number of H-pyrrole nitrogens is 2. The number of rotatable bonds is 6. The Morgan fingerprint density at radius 3 is 2.00 bits per heavy atom. The number of fused-ring (bicyclic) bond motifs is 1. The van der Waals surface area contributed by atoms with Crippen LogP contribution in [0.25, 0.3) is 22.0 Å². The van der Waals surface area contributed by atoms with Crippen LogP contribution in [-0.2, 0) is 5.41 Å². The summed E-state index contributed by atoms with van der Waals surface area (Å²) in [7, 11) is 0. The number of nitrogens with one attached hydrogen (secondary N) is 2. The van der Waals surface area contributed by atoms with Crippen molar-refractivity contribution in [3.8, 4) is 16.9 Å². The number of hydrogen-bond acceptors (Lipinski definition) is 1. The fourth-order valence-electron chi connectivity index (χ4n) is 5.44. The van der Waals surface area contributed by atoms with E-state index in [4.69, 9.17) is 0 Å². The Morgan fingerprint density at radius 2 is 1.29 bits per heavy atom. The average Bonchev–Trinajstić information content (AvgIpc) is 3.60. The zero-order valence-corrected chi connectivity index (χ0v) is 20.2. The van der Waals surface area contributed by atoms with E-state index in [1.807, 2.05) is 97.1 Å². The molecule has 38 heavy (non-hydrogen) atoms. The van der Waals surface area contributed by atoms with Crippen LogP contribution >= 0.6 is 0 Å². The Kier molecular flexibility index (Phi) is 5.80. The van der Waals surface area contributed by atoms with Crippen molar-refractivity contribution in [3.05, 3.63) is 150 Å². The number of aromatic amines is 2. The highest BCUT2D eigenvalue weighted by Crippen LogP contribution is 2.52. The van der Waals surface area contributed by atoms with Crippen LogP contribution in [0.4, 0.5) is 13.2 Å². The Bertz CT molecular complexity index is 1670. The van der Waals surface area contributed by atoms with Gasteiger partial charge >= 0.3 is 6.36 Å². The van der Waals surface area contributed by atoms with Gasteiger partial charge in [0.1, 0.15) is 11.2 Å². The van der Waals surface area contributed by atoms with Gasteiger partial charge in [-0.1, -0.05) is 97.1 Å². The minimum Gasteiger partial charge on any atom is -0.405 e. The van der Waals surface area contributed by atoms with Crippen molar-refractivity contribution >= 4 is 10.9 Å². The van der Waals surface area contributed by atoms with Crippen LogP contribution < -0.4 is 4.74 Å². The molecule has 0 aliphatic carbocycles. The van der Waals surface area contributed by atoms with Gasteiger partial charge in [-0.3, -0.25) is 0 Å². The molecule has 0 bridgehead atoms. The van der Waals surface area contributed by atoms with E-state index in [2.05, 4.69) is 14.7 Å². The van der Waals surface area contributed by atoms with Gasteiger partial charge in [0, 0.05) is 39.6 Å². The fraction of sp³-hybridized carbons (Fsp3) is 0.0625. The first-order valence-corrected chi connectivity index (χ1v) is 12.2. The largest absolute Gasteiger partial charge is 0.573 e. The number of benzene rings is 4. The Hall–Kier alpha value is -4.71. The molecule has 3 nitrogen and oxygen atoms in total. The Labute approximate surface area is 217 Å². The number of ether oxygens (including phenoxy) is 1. The predicted octanol–water partition coefficient (Wildman–Crippen LogP) is 8.44. The molecule has 0 amide bonds. The van der Waals surface area contributed by atoms with Gasteiger partial charge in [-0.2, -0.15) is 0 Å². The first kappa shape index (κ1) is 23.7. The summed E-state index contributed by atoms with van der Waals surface area (Å²) in [6.45, 7) is 0. The van der Waals surface area contributed by atoms with Gasteiger partial charge in [0.15, 0.2) is 0 Å². The zero-order chi connectivity index (χ0) is 26.2. The summed E-state index contributed by atoms with van der Waals surface area (Å²) in [6, 6.07) is 37.5. The summed E-state index contributed by atoms with van der Waals surface area (Å²) in [5, 5.41) is 0.967. The SMILES string of the molecule is FC(F)(F)Oc1ccccc1[C@@](c1ccccc1)(c1ccc[nH]1)c1[nH]c2ccccc2c1-c1ccccc1. The van der Waals surface area contributed by atoms with E-state index < -0.39 is 11.8 Å². The van der Waals surface area contributed by atoms with Gasteiger partial charge in [-0.25, -0.2) is 0 Å². The van der Waals surface area contributed by atoms with Crippen molar-refractivity contribution in [1.29, 1.82) is 0 Å². The van der Waals surface area contributed by atoms with Crippen LogP contribution in [0, 0.1) is 0 Å². The van der Waals surface area contributed by atoms with Gasteiger partial charge in [0.05, 0.1) is 0 Å². The highest BCUT2D eigenvalue weighted by Gasteiger charge is 2.46. The van der Waals surface area contributed by atoms with Gasteiger partial charge in [0.2, 0.25) is 0 Å². The van der Waals surface area contributed by atoms with Gasteiger partial charge in [-0.15, -0.1) is 13.2 Å². The molecule has 0 saturated carbocycles. The van der Waals surface area contributed by atoms with Crippen molar-refractivity contribution in [2.45, 2.75) is 11.8 Å². The number of halogens is 3. The lowest BCUT2D eigenvalue weighted by Gasteiger charge is -2.36. The smallest absolute Gasteiger partial charge is 0.405 e. The third-order valence-electron chi connectivity index (χ3n) is 6.87. The first-order chi connectivity index (χ1) is 18.5. The number of hydrogen-bond donors (Lipinski definition) is 2. The minimum absolute atomic E-state index is 0.267. The van der Waals surface area contributed by atoms with Crippen molar-refractivity contribution in [1.82, 2.24) is 9.97 Å². The predicted molar refractivity (Wildman–Crippen MR) is 143 cm³/mol. The Morgan fingerprint density at radius 1 is 0.632 bits per heavy atom. The molecule has 2 aromatic heterocycles. The molecule has 2 N–H and O–H groups in total. The third-order valence-corrected chi connectivity index (χ3v) is 6.87. The van der Waals surface area contributed by atoms with Crippen LogP contribution in [0.1, 0.15) is 22.5 Å².